The molecule has 0 aromatic heterocycles. The number of phenols is 1. The molecule has 0 bridgehead atoms. The summed E-state index contributed by atoms with van der Waals surface area (Å²) < 4.78 is 5.52. The van der Waals surface area contributed by atoms with Crippen molar-refractivity contribution in [2.24, 2.45) is 0 Å². The van der Waals surface area contributed by atoms with Crippen molar-refractivity contribution in [3.63, 3.8) is 0 Å². The summed E-state index contributed by atoms with van der Waals surface area (Å²) in [6.07, 6.45) is 0. The molecular weight excluding hydrogens is 454 g/mol. The number of rotatable bonds is 4. The number of ketones is 1. The molecular formula is C30H31NO5. The number of benzene rings is 3. The van der Waals surface area contributed by atoms with Crippen LogP contribution in [0.5, 0.6) is 11.5 Å². The second-order valence-electron chi connectivity index (χ2n) is 10.3. The molecule has 1 unspecified atom stereocenters. The van der Waals surface area contributed by atoms with Crippen LogP contribution in [0.25, 0.3) is 5.76 Å². The zero-order chi connectivity index (χ0) is 26.4. The number of Topliss-reactive ketones (excluding diaryl/α,β-unsaturated/α-hetero) is 1. The van der Waals surface area contributed by atoms with Gasteiger partial charge < -0.3 is 14.9 Å². The van der Waals surface area contributed by atoms with Crippen LogP contribution in [-0.4, -0.2) is 29.0 Å². The molecule has 3 aromatic carbocycles. The number of anilines is 1. The molecule has 3 aromatic rings. The van der Waals surface area contributed by atoms with Crippen LogP contribution in [0.2, 0.25) is 0 Å². The van der Waals surface area contributed by atoms with Gasteiger partial charge >= 0.3 is 0 Å². The molecule has 0 saturated carbocycles. The Kier molecular flexibility index (Phi) is 6.39. The third-order valence-corrected chi connectivity index (χ3v) is 6.46. The third kappa shape index (κ3) is 4.47. The van der Waals surface area contributed by atoms with Crippen LogP contribution < -0.4 is 9.64 Å². The normalized spacial score (nSPS) is 17.5. The maximum absolute atomic E-state index is 13.5. The van der Waals surface area contributed by atoms with Gasteiger partial charge in [0.2, 0.25) is 0 Å². The topological polar surface area (TPSA) is 87.1 Å². The molecule has 1 amide bonds. The van der Waals surface area contributed by atoms with Gasteiger partial charge in [0.15, 0.2) is 0 Å². The van der Waals surface area contributed by atoms with Gasteiger partial charge in [-0.2, -0.15) is 0 Å². The summed E-state index contributed by atoms with van der Waals surface area (Å²) in [6, 6.07) is 16.5. The number of hydrogen-bond acceptors (Lipinski definition) is 5. The number of amides is 1. The lowest BCUT2D eigenvalue weighted by atomic mass is 9.85. The van der Waals surface area contributed by atoms with Crippen molar-refractivity contribution in [1.82, 2.24) is 0 Å². The predicted octanol–water partition coefficient (Wildman–Crippen LogP) is 5.94. The fraction of sp³-hybridized carbons (Fsp3) is 0.267. The molecule has 1 saturated heterocycles. The molecule has 1 aliphatic heterocycles. The second kappa shape index (κ2) is 9.19. The van der Waals surface area contributed by atoms with E-state index in [0.29, 0.717) is 22.6 Å². The van der Waals surface area contributed by atoms with Gasteiger partial charge in [-0.3, -0.25) is 14.5 Å². The number of aromatic hydroxyl groups is 1. The van der Waals surface area contributed by atoms with Crippen molar-refractivity contribution < 1.29 is 24.5 Å². The first kappa shape index (κ1) is 25.0. The van der Waals surface area contributed by atoms with Crippen LogP contribution in [0.3, 0.4) is 0 Å². The van der Waals surface area contributed by atoms with Crippen molar-refractivity contribution in [3.05, 3.63) is 94.1 Å². The summed E-state index contributed by atoms with van der Waals surface area (Å²) in [5.41, 5.74) is 4.05. The minimum Gasteiger partial charge on any atom is -0.508 e. The number of carbonyl (C=O) groups excluding carboxylic acids is 2. The van der Waals surface area contributed by atoms with Crippen molar-refractivity contribution in [2.75, 3.05) is 12.0 Å². The summed E-state index contributed by atoms with van der Waals surface area (Å²) in [5, 5.41) is 21.5. The average molecular weight is 486 g/mol. The monoisotopic (exact) mass is 485 g/mol. The quantitative estimate of drug-likeness (QED) is 0.271. The first-order valence-corrected chi connectivity index (χ1v) is 11.8. The number of methoxy groups -OCH3 is 1. The lowest BCUT2D eigenvalue weighted by molar-refractivity contribution is -0.132. The highest BCUT2D eigenvalue weighted by molar-refractivity contribution is 6.51. The smallest absolute Gasteiger partial charge is 0.300 e. The maximum Gasteiger partial charge on any atom is 0.300 e. The first-order chi connectivity index (χ1) is 16.9. The Morgan fingerprint density at radius 2 is 1.53 bits per heavy atom. The zero-order valence-electron chi connectivity index (χ0n) is 21.4. The highest BCUT2D eigenvalue weighted by Crippen LogP contribution is 2.44. The number of hydrogen-bond donors (Lipinski definition) is 2. The molecule has 2 N–H and O–H groups in total. The van der Waals surface area contributed by atoms with Crippen LogP contribution >= 0.6 is 0 Å². The summed E-state index contributed by atoms with van der Waals surface area (Å²) >= 11 is 0. The van der Waals surface area contributed by atoms with Gasteiger partial charge in [0.1, 0.15) is 17.3 Å². The van der Waals surface area contributed by atoms with Gasteiger partial charge in [-0.25, -0.2) is 0 Å². The Bertz CT molecular complexity index is 1360. The number of aliphatic hydroxyl groups excluding tert-OH is 1. The highest BCUT2D eigenvalue weighted by Gasteiger charge is 2.47. The fourth-order valence-corrected chi connectivity index (χ4v) is 4.67. The molecule has 1 atom stereocenters. The van der Waals surface area contributed by atoms with Gasteiger partial charge in [0.05, 0.1) is 24.3 Å². The fourth-order valence-electron chi connectivity index (χ4n) is 4.67. The number of aryl methyl sites for hydroxylation is 2. The zero-order valence-corrected chi connectivity index (χ0v) is 21.4. The average Bonchev–Trinajstić information content (AvgIpc) is 3.08. The minimum atomic E-state index is -0.894. The van der Waals surface area contributed by atoms with Crippen LogP contribution in [0, 0.1) is 13.8 Å². The Morgan fingerprint density at radius 3 is 2.08 bits per heavy atom. The van der Waals surface area contributed by atoms with Crippen LogP contribution in [-0.2, 0) is 15.0 Å². The van der Waals surface area contributed by atoms with E-state index in [1.807, 2.05) is 58.9 Å². The Hall–Kier alpha value is -4.06. The van der Waals surface area contributed by atoms with Gasteiger partial charge in [0, 0.05) is 5.69 Å². The highest BCUT2D eigenvalue weighted by atomic mass is 16.5. The largest absolute Gasteiger partial charge is 0.508 e. The lowest BCUT2D eigenvalue weighted by Crippen LogP contribution is -2.29. The molecule has 0 radical (unpaired) electrons. The molecule has 1 aliphatic rings. The van der Waals surface area contributed by atoms with Crippen molar-refractivity contribution in [2.45, 2.75) is 46.1 Å². The van der Waals surface area contributed by atoms with Gasteiger partial charge in [-0.1, -0.05) is 45.0 Å². The van der Waals surface area contributed by atoms with Crippen LogP contribution in [0.1, 0.15) is 54.6 Å². The molecule has 1 heterocycles. The standard InChI is InChI=1S/C30H31NO5/c1-17-13-18(2)15-21(14-17)31-26(19-7-10-22(32)11-8-19)25(28(34)29(31)35)27(33)23-16-20(30(3,4)5)9-12-24(23)36-6/h7-16,26,32-33H,1-6H3/b27-25+. The molecule has 0 aliphatic carbocycles. The minimum absolute atomic E-state index is 0.0331. The predicted molar refractivity (Wildman–Crippen MR) is 140 cm³/mol. The SMILES string of the molecule is COc1ccc(C(C)(C)C)cc1/C(O)=C1\C(=O)C(=O)N(c2cc(C)cc(C)c2)C1c1ccc(O)cc1. The summed E-state index contributed by atoms with van der Waals surface area (Å²) in [6.45, 7) is 9.99. The Balaban J connectivity index is 2.01. The van der Waals surface area contributed by atoms with Gasteiger partial charge in [-0.05, 0) is 77.9 Å². The number of phenolic OH excluding ortho intramolecular Hbond substituents is 1. The van der Waals surface area contributed by atoms with Crippen molar-refractivity contribution in [3.8, 4) is 11.5 Å². The summed E-state index contributed by atoms with van der Waals surface area (Å²) in [4.78, 5) is 28.4. The van der Waals surface area contributed by atoms with E-state index in [1.54, 1.807) is 24.3 Å². The van der Waals surface area contributed by atoms with Gasteiger partial charge in [-0.15, -0.1) is 0 Å². The molecule has 4 rings (SSSR count). The molecule has 36 heavy (non-hydrogen) atoms. The molecule has 186 valence electrons. The van der Waals surface area contributed by atoms with Gasteiger partial charge in [0.25, 0.3) is 11.7 Å². The van der Waals surface area contributed by atoms with Crippen LogP contribution in [0.4, 0.5) is 5.69 Å². The van der Waals surface area contributed by atoms with E-state index in [0.717, 1.165) is 16.7 Å². The van der Waals surface area contributed by atoms with Crippen LogP contribution in [0.15, 0.2) is 66.2 Å². The second-order valence-corrected chi connectivity index (χ2v) is 10.3. The number of aliphatic hydroxyl groups is 1. The lowest BCUT2D eigenvalue weighted by Gasteiger charge is -2.26. The number of nitrogens with zero attached hydrogens (tertiary/aromatic N) is 1. The molecule has 1 fully saturated rings. The molecule has 6 heteroatoms. The first-order valence-electron chi connectivity index (χ1n) is 11.8. The van der Waals surface area contributed by atoms with E-state index >= 15 is 0 Å². The van der Waals surface area contributed by atoms with E-state index in [-0.39, 0.29) is 22.5 Å². The maximum atomic E-state index is 13.5. The van der Waals surface area contributed by atoms with E-state index in [9.17, 15) is 19.8 Å². The Labute approximate surface area is 211 Å². The summed E-state index contributed by atoms with van der Waals surface area (Å²) in [7, 11) is 1.49. The van der Waals surface area contributed by atoms with Crippen molar-refractivity contribution >= 4 is 23.1 Å². The van der Waals surface area contributed by atoms with E-state index in [4.69, 9.17) is 4.74 Å². The molecule has 6 nitrogen and oxygen atoms in total. The number of ether oxygens (including phenoxy) is 1. The van der Waals surface area contributed by atoms with E-state index in [2.05, 4.69) is 0 Å². The van der Waals surface area contributed by atoms with E-state index < -0.39 is 17.7 Å². The Morgan fingerprint density at radius 1 is 0.917 bits per heavy atom. The van der Waals surface area contributed by atoms with Crippen molar-refractivity contribution in [1.29, 1.82) is 0 Å². The third-order valence-electron chi connectivity index (χ3n) is 6.46. The summed E-state index contributed by atoms with van der Waals surface area (Å²) in [5.74, 6) is -1.37. The molecule has 0 spiro atoms. The van der Waals surface area contributed by atoms with E-state index in [1.165, 1.54) is 24.1 Å². The number of carbonyl (C=O) groups is 2.